The van der Waals surface area contributed by atoms with Crippen LogP contribution in [0.2, 0.25) is 0 Å². The van der Waals surface area contributed by atoms with Crippen LogP contribution in [0.4, 0.5) is 13.6 Å². The largest absolute Gasteiger partial charge is 0.464 e. The number of rotatable bonds is 5. The summed E-state index contributed by atoms with van der Waals surface area (Å²) in [6.07, 6.45) is 1.18. The van der Waals surface area contributed by atoms with Gasteiger partial charge in [0, 0.05) is 18.9 Å². The third-order valence-electron chi connectivity index (χ3n) is 6.23. The number of nitrogens with zero attached hydrogens (tertiary/aromatic N) is 4. The van der Waals surface area contributed by atoms with Crippen molar-refractivity contribution in [2.75, 3.05) is 0 Å². The van der Waals surface area contributed by atoms with E-state index in [1.54, 1.807) is 27.7 Å². The number of hydrogen-bond acceptors (Lipinski definition) is 5. The Bertz CT molecular complexity index is 1260. The fourth-order valence-corrected chi connectivity index (χ4v) is 5.00. The SMILES string of the molecule is Cc1c(/C=N/N(C(=O)O)C(C)(C)C)sc2c1c(=O)n(C1(C)CC1)c(=O)n2CC1CC1(F)F. The molecule has 8 nitrogen and oxygen atoms in total. The molecule has 0 saturated heterocycles. The summed E-state index contributed by atoms with van der Waals surface area (Å²) in [7, 11) is 0. The first-order chi connectivity index (χ1) is 14.7. The van der Waals surface area contributed by atoms with Crippen molar-refractivity contribution in [3.05, 3.63) is 31.3 Å². The molecule has 2 aromatic rings. The lowest BCUT2D eigenvalue weighted by atomic mass is 10.1. The minimum atomic E-state index is -2.80. The average Bonchev–Trinajstić information content (AvgIpc) is 3.48. The highest BCUT2D eigenvalue weighted by atomic mass is 32.1. The highest BCUT2D eigenvalue weighted by molar-refractivity contribution is 7.20. The molecule has 1 atom stereocenters. The van der Waals surface area contributed by atoms with Gasteiger partial charge >= 0.3 is 11.8 Å². The van der Waals surface area contributed by atoms with Crippen LogP contribution >= 0.6 is 11.3 Å². The molecule has 0 radical (unpaired) electrons. The molecule has 2 heterocycles. The van der Waals surface area contributed by atoms with Gasteiger partial charge in [0.25, 0.3) is 11.5 Å². The lowest BCUT2D eigenvalue weighted by Gasteiger charge is -2.27. The van der Waals surface area contributed by atoms with Crippen molar-refractivity contribution in [3.8, 4) is 0 Å². The predicted octanol–water partition coefficient (Wildman–Crippen LogP) is 3.81. The molecule has 1 N–H and O–H groups in total. The number of hydrazone groups is 1. The normalized spacial score (nSPS) is 21.3. The van der Waals surface area contributed by atoms with E-state index in [1.807, 2.05) is 6.92 Å². The number of carbonyl (C=O) groups is 1. The predicted molar refractivity (Wildman–Crippen MR) is 118 cm³/mol. The van der Waals surface area contributed by atoms with Crippen LogP contribution in [-0.2, 0) is 12.1 Å². The number of aromatic nitrogens is 2. The summed E-state index contributed by atoms with van der Waals surface area (Å²) in [5, 5.41) is 14.7. The molecule has 1 amide bonds. The minimum absolute atomic E-state index is 0.168. The van der Waals surface area contributed by atoms with Crippen molar-refractivity contribution >= 4 is 33.9 Å². The molecule has 32 heavy (non-hydrogen) atoms. The summed E-state index contributed by atoms with van der Waals surface area (Å²) < 4.78 is 29.8. The molecule has 2 fully saturated rings. The van der Waals surface area contributed by atoms with Crippen LogP contribution in [0.3, 0.4) is 0 Å². The van der Waals surface area contributed by atoms with E-state index < -0.39 is 40.3 Å². The van der Waals surface area contributed by atoms with Crippen LogP contribution in [-0.4, -0.2) is 43.0 Å². The number of hydrogen-bond donors (Lipinski definition) is 1. The Balaban J connectivity index is 1.90. The van der Waals surface area contributed by atoms with Gasteiger partial charge in [-0.15, -0.1) is 11.3 Å². The molecule has 0 bridgehead atoms. The van der Waals surface area contributed by atoms with Gasteiger partial charge in [0.2, 0.25) is 0 Å². The number of thiophene rings is 1. The maximum absolute atomic E-state index is 13.7. The summed E-state index contributed by atoms with van der Waals surface area (Å²) in [4.78, 5) is 39.0. The zero-order chi connectivity index (χ0) is 23.8. The molecule has 11 heteroatoms. The first kappa shape index (κ1) is 22.6. The molecular weight excluding hydrogens is 442 g/mol. The molecule has 2 aliphatic rings. The maximum Gasteiger partial charge on any atom is 0.428 e. The second-order valence-electron chi connectivity index (χ2n) is 9.97. The lowest BCUT2D eigenvalue weighted by Crippen LogP contribution is -2.44. The summed E-state index contributed by atoms with van der Waals surface area (Å²) >= 11 is 1.09. The van der Waals surface area contributed by atoms with Crippen LogP contribution in [0.5, 0.6) is 0 Å². The zero-order valence-corrected chi connectivity index (χ0v) is 19.4. The summed E-state index contributed by atoms with van der Waals surface area (Å²) in [6, 6.07) is 0. The van der Waals surface area contributed by atoms with Gasteiger partial charge in [-0.3, -0.25) is 13.9 Å². The van der Waals surface area contributed by atoms with E-state index in [4.69, 9.17) is 0 Å². The topological polar surface area (TPSA) is 96.9 Å². The van der Waals surface area contributed by atoms with Crippen molar-refractivity contribution in [2.24, 2.45) is 11.0 Å². The monoisotopic (exact) mass is 468 g/mol. The Labute approximate surface area is 186 Å². The molecule has 174 valence electrons. The van der Waals surface area contributed by atoms with Crippen molar-refractivity contribution in [1.82, 2.24) is 14.1 Å². The van der Waals surface area contributed by atoms with E-state index >= 15 is 0 Å². The van der Waals surface area contributed by atoms with Crippen LogP contribution < -0.4 is 11.2 Å². The number of aryl methyl sites for hydroxylation is 1. The average molecular weight is 469 g/mol. The molecule has 2 aromatic heterocycles. The van der Waals surface area contributed by atoms with Gasteiger partial charge in [0.15, 0.2) is 0 Å². The smallest absolute Gasteiger partial charge is 0.428 e. The van der Waals surface area contributed by atoms with Crippen LogP contribution in [0.15, 0.2) is 14.7 Å². The Morgan fingerprint density at radius 2 is 1.94 bits per heavy atom. The fraction of sp³-hybridized carbons (Fsp3) is 0.619. The summed E-state index contributed by atoms with van der Waals surface area (Å²) in [5.74, 6) is -3.74. The first-order valence-electron chi connectivity index (χ1n) is 10.4. The van der Waals surface area contributed by atoms with Gasteiger partial charge in [-0.2, -0.15) is 10.1 Å². The number of halogens is 2. The second kappa shape index (κ2) is 6.97. The van der Waals surface area contributed by atoms with Gasteiger partial charge in [0.1, 0.15) is 4.83 Å². The molecule has 0 aromatic carbocycles. The van der Waals surface area contributed by atoms with E-state index in [0.717, 1.165) is 16.3 Å². The van der Waals surface area contributed by atoms with Crippen molar-refractivity contribution in [1.29, 1.82) is 0 Å². The van der Waals surface area contributed by atoms with Crippen molar-refractivity contribution in [3.63, 3.8) is 0 Å². The summed E-state index contributed by atoms with van der Waals surface area (Å²) in [5.41, 5.74) is -1.86. The molecule has 2 saturated carbocycles. The third-order valence-corrected chi connectivity index (χ3v) is 7.48. The van der Waals surface area contributed by atoms with Crippen LogP contribution in [0, 0.1) is 12.8 Å². The molecule has 2 aliphatic carbocycles. The highest BCUT2D eigenvalue weighted by Gasteiger charge is 2.57. The van der Waals surface area contributed by atoms with Crippen molar-refractivity contribution < 1.29 is 18.7 Å². The van der Waals surface area contributed by atoms with Gasteiger partial charge in [-0.25, -0.2) is 18.4 Å². The quantitative estimate of drug-likeness (QED) is 0.533. The molecule has 0 spiro atoms. The first-order valence-corrected chi connectivity index (χ1v) is 11.2. The third kappa shape index (κ3) is 3.66. The fourth-order valence-electron chi connectivity index (χ4n) is 3.84. The second-order valence-corrected chi connectivity index (χ2v) is 11.0. The minimum Gasteiger partial charge on any atom is -0.464 e. The number of fused-ring (bicyclic) bond motifs is 1. The maximum atomic E-state index is 13.7. The van der Waals surface area contributed by atoms with E-state index in [-0.39, 0.29) is 13.0 Å². The molecular formula is C21H26F2N4O4S. The number of alkyl halides is 2. The van der Waals surface area contributed by atoms with Crippen LogP contribution in [0.1, 0.15) is 57.4 Å². The standard InChI is InChI=1S/C21H26F2N4O4S/c1-11-13(9-24-27(18(30)31)19(2,3)4)32-16-14(11)15(28)26(20(5)6-7-20)17(29)25(16)10-12-8-21(12,22)23/h9,12H,6-8,10H2,1-5H3,(H,30,31)/b24-9+. The van der Waals surface area contributed by atoms with E-state index in [1.165, 1.54) is 15.3 Å². The molecule has 1 unspecified atom stereocenters. The van der Waals surface area contributed by atoms with E-state index in [0.29, 0.717) is 33.5 Å². The Morgan fingerprint density at radius 1 is 1.34 bits per heavy atom. The molecule has 0 aliphatic heterocycles. The van der Waals surface area contributed by atoms with E-state index in [9.17, 15) is 28.3 Å². The zero-order valence-electron chi connectivity index (χ0n) is 18.6. The highest BCUT2D eigenvalue weighted by Crippen LogP contribution is 2.50. The lowest BCUT2D eigenvalue weighted by molar-refractivity contribution is 0.0949. The molecule has 4 rings (SSSR count). The van der Waals surface area contributed by atoms with Gasteiger partial charge in [-0.1, -0.05) is 0 Å². The van der Waals surface area contributed by atoms with Gasteiger partial charge in [0.05, 0.1) is 27.6 Å². The Kier molecular flexibility index (Phi) is 4.93. The number of carboxylic acid groups (broad SMARTS) is 1. The Morgan fingerprint density at radius 3 is 2.41 bits per heavy atom. The van der Waals surface area contributed by atoms with E-state index in [2.05, 4.69) is 5.10 Å². The van der Waals surface area contributed by atoms with Crippen LogP contribution in [0.25, 0.3) is 10.2 Å². The summed E-state index contributed by atoms with van der Waals surface area (Å²) in [6.45, 7) is 8.42. The Hall–Kier alpha value is -2.56. The van der Waals surface area contributed by atoms with Crippen molar-refractivity contribution in [2.45, 2.75) is 77.4 Å². The number of amides is 1. The van der Waals surface area contributed by atoms with Gasteiger partial charge < -0.3 is 5.11 Å². The van der Waals surface area contributed by atoms with Gasteiger partial charge in [-0.05, 0) is 53.0 Å².